The molecule has 1 rings (SSSR count). The van der Waals surface area contributed by atoms with Crippen molar-refractivity contribution < 1.29 is 0 Å². The predicted octanol–water partition coefficient (Wildman–Crippen LogP) is 4.32. The van der Waals surface area contributed by atoms with Crippen LogP contribution in [0.3, 0.4) is 0 Å². The first-order valence-electron chi connectivity index (χ1n) is 5.42. The Labute approximate surface area is 87.7 Å². The van der Waals surface area contributed by atoms with Gasteiger partial charge in [-0.15, -0.1) is 6.58 Å². The molecule has 0 heterocycles. The third-order valence-corrected chi connectivity index (χ3v) is 2.93. The van der Waals surface area contributed by atoms with E-state index in [2.05, 4.69) is 56.8 Å². The van der Waals surface area contributed by atoms with Crippen molar-refractivity contribution in [3.8, 4) is 0 Å². The maximum atomic E-state index is 3.96. The van der Waals surface area contributed by atoms with Gasteiger partial charge in [0.1, 0.15) is 0 Å². The van der Waals surface area contributed by atoms with Crippen molar-refractivity contribution in [2.75, 3.05) is 0 Å². The van der Waals surface area contributed by atoms with Crippen molar-refractivity contribution in [1.82, 2.24) is 0 Å². The van der Waals surface area contributed by atoms with Gasteiger partial charge in [0.2, 0.25) is 0 Å². The van der Waals surface area contributed by atoms with Gasteiger partial charge in [-0.1, -0.05) is 63.1 Å². The minimum Gasteiger partial charge on any atom is -0.102 e. The standard InChI is InChI=1S/C14H20/c1-4-6-12-14(3,5-2)13-10-8-7-9-11-13/h5,7-11H,2,4,6,12H2,1,3H3. The molecule has 0 saturated heterocycles. The van der Waals surface area contributed by atoms with Crippen molar-refractivity contribution in [2.45, 2.75) is 38.5 Å². The van der Waals surface area contributed by atoms with Crippen LogP contribution in [0.15, 0.2) is 43.0 Å². The predicted molar refractivity (Wildman–Crippen MR) is 63.5 cm³/mol. The molecule has 0 aromatic heterocycles. The number of benzene rings is 1. The first-order valence-corrected chi connectivity index (χ1v) is 5.42. The van der Waals surface area contributed by atoms with Crippen molar-refractivity contribution in [2.24, 2.45) is 0 Å². The zero-order valence-corrected chi connectivity index (χ0v) is 9.29. The largest absolute Gasteiger partial charge is 0.102 e. The lowest BCUT2D eigenvalue weighted by Gasteiger charge is -2.26. The maximum absolute atomic E-state index is 3.96. The summed E-state index contributed by atoms with van der Waals surface area (Å²) < 4.78 is 0. The highest BCUT2D eigenvalue weighted by Gasteiger charge is 2.21. The zero-order chi connectivity index (χ0) is 10.4. The number of hydrogen-bond acceptors (Lipinski definition) is 0. The lowest BCUT2D eigenvalue weighted by atomic mass is 9.78. The van der Waals surface area contributed by atoms with Crippen LogP contribution < -0.4 is 0 Å². The Hall–Kier alpha value is -1.04. The number of hydrogen-bond donors (Lipinski definition) is 0. The third kappa shape index (κ3) is 2.47. The van der Waals surface area contributed by atoms with Crippen LogP contribution in [0.5, 0.6) is 0 Å². The molecule has 0 heteroatoms. The van der Waals surface area contributed by atoms with Crippen LogP contribution in [-0.2, 0) is 5.41 Å². The molecular formula is C14H20. The first kappa shape index (κ1) is 11.0. The van der Waals surface area contributed by atoms with Gasteiger partial charge in [0.15, 0.2) is 0 Å². The summed E-state index contributed by atoms with van der Waals surface area (Å²) in [5.74, 6) is 0. The molecule has 0 aliphatic heterocycles. The minimum atomic E-state index is 0.150. The summed E-state index contributed by atoms with van der Waals surface area (Å²) in [7, 11) is 0. The Bertz CT molecular complexity index is 273. The molecule has 0 radical (unpaired) electrons. The van der Waals surface area contributed by atoms with Crippen molar-refractivity contribution >= 4 is 0 Å². The lowest BCUT2D eigenvalue weighted by Crippen LogP contribution is -2.18. The first-order chi connectivity index (χ1) is 6.73. The van der Waals surface area contributed by atoms with Gasteiger partial charge in [-0.25, -0.2) is 0 Å². The summed E-state index contributed by atoms with van der Waals surface area (Å²) in [4.78, 5) is 0. The molecule has 0 fully saturated rings. The number of allylic oxidation sites excluding steroid dienone is 1. The molecule has 1 unspecified atom stereocenters. The Balaban J connectivity index is 2.84. The fraction of sp³-hybridized carbons (Fsp3) is 0.429. The van der Waals surface area contributed by atoms with Gasteiger partial charge < -0.3 is 0 Å². The molecule has 0 saturated carbocycles. The molecule has 0 amide bonds. The highest BCUT2D eigenvalue weighted by molar-refractivity contribution is 5.28. The zero-order valence-electron chi connectivity index (χ0n) is 9.29. The fourth-order valence-corrected chi connectivity index (χ4v) is 1.73. The second-order valence-electron chi connectivity index (χ2n) is 4.09. The van der Waals surface area contributed by atoms with E-state index < -0.39 is 0 Å². The van der Waals surface area contributed by atoms with E-state index in [9.17, 15) is 0 Å². The Morgan fingerprint density at radius 2 is 1.93 bits per heavy atom. The molecule has 0 aliphatic carbocycles. The molecule has 1 atom stereocenters. The van der Waals surface area contributed by atoms with Gasteiger partial charge in [-0.05, 0) is 12.0 Å². The number of rotatable bonds is 5. The summed E-state index contributed by atoms with van der Waals surface area (Å²) in [6.07, 6.45) is 5.78. The quantitative estimate of drug-likeness (QED) is 0.604. The average Bonchev–Trinajstić information content (AvgIpc) is 2.27. The summed E-state index contributed by atoms with van der Waals surface area (Å²) in [6, 6.07) is 10.6. The van der Waals surface area contributed by atoms with Gasteiger partial charge in [0.25, 0.3) is 0 Å². The Morgan fingerprint density at radius 3 is 2.43 bits per heavy atom. The third-order valence-electron chi connectivity index (χ3n) is 2.93. The Morgan fingerprint density at radius 1 is 1.29 bits per heavy atom. The summed E-state index contributed by atoms with van der Waals surface area (Å²) in [5, 5.41) is 0. The van der Waals surface area contributed by atoms with Gasteiger partial charge in [0.05, 0.1) is 0 Å². The molecule has 76 valence electrons. The van der Waals surface area contributed by atoms with Gasteiger partial charge in [-0.2, -0.15) is 0 Å². The van der Waals surface area contributed by atoms with E-state index in [-0.39, 0.29) is 5.41 Å². The van der Waals surface area contributed by atoms with Crippen molar-refractivity contribution in [3.63, 3.8) is 0 Å². The van der Waals surface area contributed by atoms with E-state index in [1.807, 2.05) is 0 Å². The van der Waals surface area contributed by atoms with E-state index in [1.165, 1.54) is 24.8 Å². The maximum Gasteiger partial charge on any atom is 0.0101 e. The topological polar surface area (TPSA) is 0 Å². The van der Waals surface area contributed by atoms with Crippen LogP contribution in [0, 0.1) is 0 Å². The molecular weight excluding hydrogens is 168 g/mol. The van der Waals surface area contributed by atoms with E-state index in [1.54, 1.807) is 0 Å². The van der Waals surface area contributed by atoms with E-state index in [0.717, 1.165) is 0 Å². The smallest absolute Gasteiger partial charge is 0.0101 e. The molecule has 0 N–H and O–H groups in total. The van der Waals surface area contributed by atoms with Crippen LogP contribution >= 0.6 is 0 Å². The highest BCUT2D eigenvalue weighted by atomic mass is 14.2. The second kappa shape index (κ2) is 4.99. The van der Waals surface area contributed by atoms with Gasteiger partial charge >= 0.3 is 0 Å². The van der Waals surface area contributed by atoms with Crippen LogP contribution in [0.1, 0.15) is 38.7 Å². The fourth-order valence-electron chi connectivity index (χ4n) is 1.73. The highest BCUT2D eigenvalue weighted by Crippen LogP contribution is 2.30. The number of unbranched alkanes of at least 4 members (excludes halogenated alkanes) is 1. The molecule has 1 aromatic rings. The second-order valence-corrected chi connectivity index (χ2v) is 4.09. The van der Waals surface area contributed by atoms with E-state index in [0.29, 0.717) is 0 Å². The molecule has 0 bridgehead atoms. The van der Waals surface area contributed by atoms with Crippen molar-refractivity contribution in [1.29, 1.82) is 0 Å². The molecule has 0 spiro atoms. The molecule has 0 aliphatic rings. The summed E-state index contributed by atoms with van der Waals surface area (Å²) in [6.45, 7) is 8.46. The normalized spacial score (nSPS) is 14.7. The van der Waals surface area contributed by atoms with E-state index in [4.69, 9.17) is 0 Å². The van der Waals surface area contributed by atoms with Crippen LogP contribution in [-0.4, -0.2) is 0 Å². The van der Waals surface area contributed by atoms with Crippen molar-refractivity contribution in [3.05, 3.63) is 48.6 Å². The SMILES string of the molecule is C=CC(C)(CCCC)c1ccccc1. The van der Waals surface area contributed by atoms with Crippen LogP contribution in [0.2, 0.25) is 0 Å². The monoisotopic (exact) mass is 188 g/mol. The average molecular weight is 188 g/mol. The van der Waals surface area contributed by atoms with Gasteiger partial charge in [-0.3, -0.25) is 0 Å². The summed E-state index contributed by atoms with van der Waals surface area (Å²) >= 11 is 0. The lowest BCUT2D eigenvalue weighted by molar-refractivity contribution is 0.511. The Kier molecular flexibility index (Phi) is 3.94. The molecule has 14 heavy (non-hydrogen) atoms. The summed E-state index contributed by atoms with van der Waals surface area (Å²) in [5.41, 5.74) is 1.53. The van der Waals surface area contributed by atoms with Crippen LogP contribution in [0.25, 0.3) is 0 Å². The minimum absolute atomic E-state index is 0.150. The molecule has 1 aromatic carbocycles. The van der Waals surface area contributed by atoms with Crippen LogP contribution in [0.4, 0.5) is 0 Å². The molecule has 0 nitrogen and oxygen atoms in total. The van der Waals surface area contributed by atoms with Gasteiger partial charge in [0, 0.05) is 5.41 Å². The van der Waals surface area contributed by atoms with E-state index >= 15 is 0 Å².